The first-order valence-corrected chi connectivity index (χ1v) is 24.1. The molecular formula is C50H50Cl2CuN6O12. The average molecular weight is 1060 g/mol. The van der Waals surface area contributed by atoms with Gasteiger partial charge in [0, 0.05) is 80.1 Å². The maximum Gasteiger partial charge on any atom is 2.00 e. The zero-order chi connectivity index (χ0) is 50.2. The standard InChI is InChI=1S/C36H39N3O4.C12H8N2.C2H3N.2ClHO4.Cu/c1-3-9-31-29(7-1)27-13-15-33(31)40-21-23-42-35-11-5-6-12-36(35)43-24-22-41-34-16-14-28(30-8-2-4-10-32(30)34)26-39-20-18-37-17-19-38-25-27;1-3-9-5-6-10-4-2-8-14-12(10)11(9)13-7-1;1-2-3;2*2-1(3,4)5;/h1-16,37-39H,17-26H2;1-8H;1H3;2*(H,2,3,4,5);/q;;;;;+2/p-2. The van der Waals surface area contributed by atoms with Crippen molar-refractivity contribution in [1.29, 1.82) is 5.26 Å². The predicted octanol–water partition coefficient (Wildman–Crippen LogP) is -0.511. The number of aromatic nitrogens is 2. The van der Waals surface area contributed by atoms with E-state index in [4.69, 9.17) is 61.5 Å². The Morgan fingerprint density at radius 3 is 1.14 bits per heavy atom. The molecular weight excluding hydrogens is 1010 g/mol. The number of ether oxygens (including phenoxy) is 4. The van der Waals surface area contributed by atoms with Crippen molar-refractivity contribution in [2.24, 2.45) is 0 Å². The number of para-hydroxylation sites is 2. The van der Waals surface area contributed by atoms with Gasteiger partial charge in [0.1, 0.15) is 37.9 Å². The number of halogens is 2. The number of hydrogen-bond acceptors (Lipinski definition) is 18. The van der Waals surface area contributed by atoms with Crippen LogP contribution < -0.4 is 72.2 Å². The molecule has 0 atom stereocenters. The van der Waals surface area contributed by atoms with Crippen molar-refractivity contribution in [2.75, 3.05) is 52.6 Å². The summed E-state index contributed by atoms with van der Waals surface area (Å²) < 4.78 is 92.5. The minimum atomic E-state index is -4.94. The number of nitriles is 1. The Labute approximate surface area is 425 Å². The summed E-state index contributed by atoms with van der Waals surface area (Å²) in [6.45, 7) is 8.25. The smallest absolute Gasteiger partial charge is 0.489 e. The molecule has 6 aromatic carbocycles. The van der Waals surface area contributed by atoms with Crippen LogP contribution in [0.5, 0.6) is 23.0 Å². The topological polar surface area (TPSA) is 307 Å². The predicted molar refractivity (Wildman–Crippen MR) is 241 cm³/mol. The fraction of sp³-hybridized carbons (Fsp3) is 0.220. The number of benzene rings is 6. The van der Waals surface area contributed by atoms with E-state index in [-0.39, 0.29) is 17.1 Å². The van der Waals surface area contributed by atoms with E-state index < -0.39 is 20.5 Å². The third-order valence-corrected chi connectivity index (χ3v) is 9.93. The van der Waals surface area contributed by atoms with Crippen LogP contribution in [0.1, 0.15) is 18.1 Å². The Hall–Kier alpha value is -5.99. The van der Waals surface area contributed by atoms with Crippen LogP contribution in [0.15, 0.2) is 146 Å². The fourth-order valence-corrected chi connectivity index (χ4v) is 7.13. The van der Waals surface area contributed by atoms with Crippen LogP contribution in [0.4, 0.5) is 0 Å². The molecule has 377 valence electrons. The summed E-state index contributed by atoms with van der Waals surface area (Å²) in [6.07, 6.45) is 3.60. The maximum atomic E-state index is 8.49. The normalized spacial score (nSPS) is 13.6. The molecule has 0 saturated carbocycles. The van der Waals surface area contributed by atoms with E-state index in [0.29, 0.717) is 37.9 Å². The second kappa shape index (κ2) is 30.0. The second-order valence-corrected chi connectivity index (χ2v) is 16.2. The zero-order valence-electron chi connectivity index (χ0n) is 38.2. The largest absolute Gasteiger partial charge is 2.00 e. The van der Waals surface area contributed by atoms with Gasteiger partial charge < -0.3 is 34.9 Å². The first kappa shape index (κ1) is 57.6. The zero-order valence-corrected chi connectivity index (χ0v) is 40.7. The van der Waals surface area contributed by atoms with E-state index in [0.717, 1.165) is 83.3 Å². The van der Waals surface area contributed by atoms with Gasteiger partial charge >= 0.3 is 17.1 Å². The molecule has 0 fully saturated rings. The summed E-state index contributed by atoms with van der Waals surface area (Å²) in [5.41, 5.74) is 4.47. The molecule has 1 aliphatic heterocycles. The van der Waals surface area contributed by atoms with Gasteiger partial charge in [-0.25, -0.2) is 37.3 Å². The van der Waals surface area contributed by atoms with E-state index in [1.54, 1.807) is 18.5 Å². The first-order chi connectivity index (χ1) is 33.7. The Bertz CT molecular complexity index is 2710. The molecule has 3 heterocycles. The van der Waals surface area contributed by atoms with Gasteiger partial charge in [0.2, 0.25) is 0 Å². The molecule has 0 saturated heterocycles. The molecule has 1 radical (unpaired) electrons. The van der Waals surface area contributed by atoms with Crippen LogP contribution in [0.25, 0.3) is 43.4 Å². The Morgan fingerprint density at radius 1 is 0.437 bits per heavy atom. The molecule has 21 heteroatoms. The quantitative estimate of drug-likeness (QED) is 0.127. The van der Waals surface area contributed by atoms with Crippen LogP contribution in [0.3, 0.4) is 0 Å². The monoisotopic (exact) mass is 1060 g/mol. The van der Waals surface area contributed by atoms with Crippen molar-refractivity contribution >= 4 is 43.4 Å². The summed E-state index contributed by atoms with van der Waals surface area (Å²) in [7, 11) is -9.89. The minimum Gasteiger partial charge on any atom is -0.489 e. The van der Waals surface area contributed by atoms with Gasteiger partial charge in [-0.05, 0) is 58.3 Å². The Morgan fingerprint density at radius 2 is 0.761 bits per heavy atom. The first-order valence-electron chi connectivity index (χ1n) is 21.6. The summed E-state index contributed by atoms with van der Waals surface area (Å²) in [5, 5.41) is 24.9. The third kappa shape index (κ3) is 20.3. The van der Waals surface area contributed by atoms with Crippen molar-refractivity contribution in [3.8, 4) is 29.1 Å². The maximum absolute atomic E-state index is 8.49. The second-order valence-electron chi connectivity index (χ2n) is 14.7. The molecule has 9 rings (SSSR count). The molecule has 2 aromatic heterocycles. The van der Waals surface area contributed by atoms with Crippen molar-refractivity contribution in [2.45, 2.75) is 20.0 Å². The average Bonchev–Trinajstić information content (AvgIpc) is 3.34. The Kier molecular flexibility index (Phi) is 24.3. The van der Waals surface area contributed by atoms with Crippen molar-refractivity contribution in [1.82, 2.24) is 25.9 Å². The molecule has 8 aromatic rings. The summed E-state index contributed by atoms with van der Waals surface area (Å²) in [5.74, 6) is 3.09. The van der Waals surface area contributed by atoms with E-state index in [2.05, 4.69) is 123 Å². The molecule has 1 aliphatic rings. The molecule has 0 unspecified atom stereocenters. The van der Waals surface area contributed by atoms with Gasteiger partial charge in [0.15, 0.2) is 11.5 Å². The molecule has 0 spiro atoms. The third-order valence-electron chi connectivity index (χ3n) is 9.93. The number of pyridine rings is 2. The number of nitrogens with zero attached hydrogens (tertiary/aromatic N) is 3. The number of nitrogens with one attached hydrogen (secondary N) is 3. The molecule has 71 heavy (non-hydrogen) atoms. The van der Waals surface area contributed by atoms with Gasteiger partial charge in [0.25, 0.3) is 0 Å². The number of fused-ring (bicyclic) bond motifs is 16. The summed E-state index contributed by atoms with van der Waals surface area (Å²) in [4.78, 5) is 8.69. The van der Waals surface area contributed by atoms with Crippen LogP contribution >= 0.6 is 0 Å². The van der Waals surface area contributed by atoms with Crippen LogP contribution in [0, 0.1) is 31.8 Å². The molecule has 3 N–H and O–H groups in total. The molecule has 18 nitrogen and oxygen atoms in total. The van der Waals surface area contributed by atoms with Crippen LogP contribution in [-0.4, -0.2) is 62.6 Å². The van der Waals surface area contributed by atoms with E-state index in [1.165, 1.54) is 28.8 Å². The fourth-order valence-electron chi connectivity index (χ4n) is 7.13. The minimum absolute atomic E-state index is 0. The Balaban J connectivity index is 0.000000318. The van der Waals surface area contributed by atoms with E-state index in [9.17, 15) is 0 Å². The molecule has 0 amide bonds. The number of hydrogen-bond donors (Lipinski definition) is 3. The summed E-state index contributed by atoms with van der Waals surface area (Å²) in [6, 6.07) is 46.8. The molecule has 0 aliphatic carbocycles. The van der Waals surface area contributed by atoms with E-state index in [1.807, 2.05) is 36.4 Å². The van der Waals surface area contributed by atoms with Gasteiger partial charge in [-0.1, -0.05) is 97.1 Å². The van der Waals surface area contributed by atoms with Crippen LogP contribution in [-0.2, 0) is 30.2 Å². The van der Waals surface area contributed by atoms with Gasteiger partial charge in [-0.2, -0.15) is 5.26 Å². The van der Waals surface area contributed by atoms with Gasteiger partial charge in [-0.15, -0.1) is 20.5 Å². The SMILES string of the molecule is CC#N.[Cu+2].[O-][Cl+3]([O-])([O-])[O-].[O-][Cl+3]([O-])([O-])[O-].c1ccc2c(c1)OCCOc1ccc(c3ccccc13)CNCCNCCNCc1ccc(c3ccccc13)OCCO2.c1cnc2c(c1)ccc1cccnc12. The van der Waals surface area contributed by atoms with Crippen LogP contribution in [0.2, 0.25) is 0 Å². The van der Waals surface area contributed by atoms with Gasteiger partial charge in [0.05, 0.1) is 17.1 Å². The van der Waals surface area contributed by atoms with E-state index >= 15 is 0 Å². The number of rotatable bonds is 0. The van der Waals surface area contributed by atoms with Gasteiger partial charge in [-0.3, -0.25) is 9.97 Å². The van der Waals surface area contributed by atoms with Crippen molar-refractivity contribution in [3.63, 3.8) is 0 Å². The van der Waals surface area contributed by atoms with Crippen molar-refractivity contribution < 1.29 is 93.8 Å². The molecule has 4 bridgehead atoms. The summed E-state index contributed by atoms with van der Waals surface area (Å²) >= 11 is 0. The van der Waals surface area contributed by atoms with Crippen molar-refractivity contribution in [3.05, 3.63) is 157 Å².